The van der Waals surface area contributed by atoms with Gasteiger partial charge in [-0.3, -0.25) is 0 Å². The third kappa shape index (κ3) is 2.30. The molecule has 0 saturated carbocycles. The molecule has 0 aromatic carbocycles. The van der Waals surface area contributed by atoms with E-state index in [1.165, 1.54) is 36.8 Å². The number of anilines is 1. The van der Waals surface area contributed by atoms with Gasteiger partial charge in [0, 0.05) is 11.1 Å². The SMILES string of the molecule is CCCCCOc1nn2c(N)nnc2c2c1CCCC2. The Morgan fingerprint density at radius 2 is 1.95 bits per heavy atom. The zero-order valence-corrected chi connectivity index (χ0v) is 11.9. The predicted molar refractivity (Wildman–Crippen MR) is 76.9 cm³/mol. The van der Waals surface area contributed by atoms with Gasteiger partial charge in [-0.15, -0.1) is 15.3 Å². The number of nitrogen functional groups attached to an aromatic ring is 1. The first-order valence-corrected chi connectivity index (χ1v) is 7.46. The molecule has 0 bridgehead atoms. The number of unbranched alkanes of at least 4 members (excludes halogenated alkanes) is 2. The molecule has 108 valence electrons. The first-order valence-electron chi connectivity index (χ1n) is 7.46. The summed E-state index contributed by atoms with van der Waals surface area (Å²) in [6.07, 6.45) is 7.79. The fraction of sp³-hybridized carbons (Fsp3) is 0.643. The molecule has 0 aliphatic heterocycles. The highest BCUT2D eigenvalue weighted by Crippen LogP contribution is 2.30. The monoisotopic (exact) mass is 275 g/mol. The highest BCUT2D eigenvalue weighted by atomic mass is 16.5. The maximum atomic E-state index is 5.90. The first-order chi connectivity index (χ1) is 9.81. The maximum Gasteiger partial charge on any atom is 0.243 e. The molecule has 0 radical (unpaired) electrons. The molecule has 0 saturated heterocycles. The van der Waals surface area contributed by atoms with E-state index in [4.69, 9.17) is 10.5 Å². The molecule has 0 unspecified atom stereocenters. The van der Waals surface area contributed by atoms with Crippen molar-refractivity contribution in [1.82, 2.24) is 19.8 Å². The van der Waals surface area contributed by atoms with Crippen LogP contribution in [0, 0.1) is 0 Å². The van der Waals surface area contributed by atoms with E-state index in [-0.39, 0.29) is 0 Å². The standard InChI is InChI=1S/C14H21N5O/c1-2-3-6-9-20-13-11-8-5-4-7-10(11)12-16-17-14(15)19(12)18-13/h2-9H2,1H3,(H2,15,17). The van der Waals surface area contributed by atoms with Crippen LogP contribution in [0.15, 0.2) is 0 Å². The minimum Gasteiger partial charge on any atom is -0.476 e. The normalized spacial score (nSPS) is 14.4. The van der Waals surface area contributed by atoms with E-state index < -0.39 is 0 Å². The van der Waals surface area contributed by atoms with E-state index in [9.17, 15) is 0 Å². The van der Waals surface area contributed by atoms with Crippen molar-refractivity contribution in [3.05, 3.63) is 11.1 Å². The topological polar surface area (TPSA) is 78.3 Å². The second-order valence-corrected chi connectivity index (χ2v) is 5.32. The summed E-state index contributed by atoms with van der Waals surface area (Å²) in [6, 6.07) is 0. The van der Waals surface area contributed by atoms with Gasteiger partial charge in [-0.25, -0.2) is 0 Å². The fourth-order valence-corrected chi connectivity index (χ4v) is 2.75. The molecule has 0 spiro atoms. The predicted octanol–water partition coefficient (Wildman–Crippen LogP) is 2.15. The van der Waals surface area contributed by atoms with Gasteiger partial charge in [0.15, 0.2) is 5.65 Å². The fourth-order valence-electron chi connectivity index (χ4n) is 2.75. The van der Waals surface area contributed by atoms with Crippen molar-refractivity contribution in [3.63, 3.8) is 0 Å². The summed E-state index contributed by atoms with van der Waals surface area (Å²) in [5, 5.41) is 12.6. The number of rotatable bonds is 5. The lowest BCUT2D eigenvalue weighted by atomic mass is 9.93. The third-order valence-corrected chi connectivity index (χ3v) is 3.84. The molecule has 3 rings (SSSR count). The molecule has 0 atom stereocenters. The number of nitrogens with zero attached hydrogens (tertiary/aromatic N) is 4. The Kier molecular flexibility index (Phi) is 3.71. The zero-order valence-electron chi connectivity index (χ0n) is 11.9. The van der Waals surface area contributed by atoms with Crippen LogP contribution in [0.4, 0.5) is 5.95 Å². The molecule has 2 heterocycles. The van der Waals surface area contributed by atoms with Gasteiger partial charge in [0.1, 0.15) is 0 Å². The molecule has 1 aliphatic carbocycles. The lowest BCUT2D eigenvalue weighted by molar-refractivity contribution is 0.285. The van der Waals surface area contributed by atoms with E-state index in [0.717, 1.165) is 30.8 Å². The highest BCUT2D eigenvalue weighted by Gasteiger charge is 2.22. The van der Waals surface area contributed by atoms with E-state index in [2.05, 4.69) is 22.2 Å². The van der Waals surface area contributed by atoms with Crippen molar-refractivity contribution >= 4 is 11.6 Å². The molecule has 1 aliphatic rings. The number of ether oxygens (including phenoxy) is 1. The first kappa shape index (κ1) is 13.1. The van der Waals surface area contributed by atoms with Crippen LogP contribution in [-0.4, -0.2) is 26.4 Å². The Labute approximate surface area is 118 Å². The van der Waals surface area contributed by atoms with E-state index in [1.54, 1.807) is 4.52 Å². The van der Waals surface area contributed by atoms with Gasteiger partial charge in [0.05, 0.1) is 6.61 Å². The van der Waals surface area contributed by atoms with Crippen molar-refractivity contribution < 1.29 is 4.74 Å². The summed E-state index contributed by atoms with van der Waals surface area (Å²) in [6.45, 7) is 2.89. The molecule has 6 heteroatoms. The molecule has 2 N–H and O–H groups in total. The second-order valence-electron chi connectivity index (χ2n) is 5.32. The summed E-state index contributed by atoms with van der Waals surface area (Å²) >= 11 is 0. The molecule has 2 aromatic rings. The highest BCUT2D eigenvalue weighted by molar-refractivity contribution is 5.56. The summed E-state index contributed by atoms with van der Waals surface area (Å²) in [7, 11) is 0. The summed E-state index contributed by atoms with van der Waals surface area (Å²) in [4.78, 5) is 0. The van der Waals surface area contributed by atoms with E-state index >= 15 is 0 Å². The van der Waals surface area contributed by atoms with Crippen molar-refractivity contribution in [1.29, 1.82) is 0 Å². The van der Waals surface area contributed by atoms with Crippen molar-refractivity contribution in [3.8, 4) is 5.88 Å². The quantitative estimate of drug-likeness (QED) is 0.846. The largest absolute Gasteiger partial charge is 0.476 e. The Morgan fingerprint density at radius 3 is 2.75 bits per heavy atom. The van der Waals surface area contributed by atoms with Crippen molar-refractivity contribution in [2.24, 2.45) is 0 Å². The van der Waals surface area contributed by atoms with Crippen LogP contribution in [0.1, 0.15) is 50.2 Å². The van der Waals surface area contributed by atoms with Crippen molar-refractivity contribution in [2.75, 3.05) is 12.3 Å². The molecule has 0 amide bonds. The van der Waals surface area contributed by atoms with Gasteiger partial charge >= 0.3 is 0 Å². The van der Waals surface area contributed by atoms with Crippen LogP contribution in [0.5, 0.6) is 5.88 Å². The number of hydrogen-bond donors (Lipinski definition) is 1. The Balaban J connectivity index is 1.95. The van der Waals surface area contributed by atoms with Crippen molar-refractivity contribution in [2.45, 2.75) is 51.9 Å². The number of aromatic nitrogens is 4. The minimum atomic E-state index is 0.326. The second kappa shape index (κ2) is 5.64. The summed E-state index contributed by atoms with van der Waals surface area (Å²) < 4.78 is 7.51. The molecule has 20 heavy (non-hydrogen) atoms. The van der Waals surface area contributed by atoms with Gasteiger partial charge in [0.2, 0.25) is 11.8 Å². The van der Waals surface area contributed by atoms with Crippen LogP contribution in [0.2, 0.25) is 0 Å². The number of fused-ring (bicyclic) bond motifs is 3. The number of hydrogen-bond acceptors (Lipinski definition) is 5. The number of aryl methyl sites for hydroxylation is 1. The Morgan fingerprint density at radius 1 is 1.15 bits per heavy atom. The van der Waals surface area contributed by atoms with Gasteiger partial charge in [-0.05, 0) is 32.1 Å². The van der Waals surface area contributed by atoms with Gasteiger partial charge < -0.3 is 10.5 Å². The third-order valence-electron chi connectivity index (χ3n) is 3.84. The average Bonchev–Trinajstić information content (AvgIpc) is 2.85. The van der Waals surface area contributed by atoms with Crippen LogP contribution in [0.25, 0.3) is 5.65 Å². The van der Waals surface area contributed by atoms with Gasteiger partial charge in [-0.1, -0.05) is 19.8 Å². The summed E-state index contributed by atoms with van der Waals surface area (Å²) in [5.41, 5.74) is 9.03. The van der Waals surface area contributed by atoms with Crippen LogP contribution in [-0.2, 0) is 12.8 Å². The minimum absolute atomic E-state index is 0.326. The number of nitrogens with two attached hydrogens (primary N) is 1. The maximum absolute atomic E-state index is 5.90. The van der Waals surface area contributed by atoms with E-state index in [0.29, 0.717) is 12.6 Å². The van der Waals surface area contributed by atoms with Gasteiger partial charge in [-0.2, -0.15) is 4.52 Å². The van der Waals surface area contributed by atoms with Gasteiger partial charge in [0.25, 0.3) is 0 Å². The molecular weight excluding hydrogens is 254 g/mol. The average molecular weight is 275 g/mol. The molecule has 6 nitrogen and oxygen atoms in total. The molecule has 2 aromatic heterocycles. The molecular formula is C14H21N5O. The Bertz CT molecular complexity index is 607. The molecule has 0 fully saturated rings. The lowest BCUT2D eigenvalue weighted by Gasteiger charge is -2.19. The van der Waals surface area contributed by atoms with Crippen LogP contribution < -0.4 is 10.5 Å². The zero-order chi connectivity index (χ0) is 13.9. The van der Waals surface area contributed by atoms with E-state index in [1.807, 2.05) is 0 Å². The lowest BCUT2D eigenvalue weighted by Crippen LogP contribution is -2.13. The Hall–Kier alpha value is -1.85. The van der Waals surface area contributed by atoms with Crippen LogP contribution in [0.3, 0.4) is 0 Å². The van der Waals surface area contributed by atoms with Crippen LogP contribution >= 0.6 is 0 Å². The smallest absolute Gasteiger partial charge is 0.243 e. The summed E-state index contributed by atoms with van der Waals surface area (Å²) in [5.74, 6) is 1.04.